The predicted octanol–water partition coefficient (Wildman–Crippen LogP) is 3.98. The van der Waals surface area contributed by atoms with Crippen LogP contribution in [0.1, 0.15) is 65.7 Å². The Morgan fingerprint density at radius 1 is 0.938 bits per heavy atom. The fourth-order valence-electron chi connectivity index (χ4n) is 3.28. The normalized spacial score (nSPS) is 33.0. The molecule has 0 bridgehead atoms. The van der Waals surface area contributed by atoms with Crippen molar-refractivity contribution in [2.45, 2.75) is 77.8 Å². The topological polar surface area (TPSA) is 12.0 Å². The summed E-state index contributed by atoms with van der Waals surface area (Å²) >= 11 is 0. The van der Waals surface area contributed by atoms with Crippen LogP contribution in [0.15, 0.2) is 0 Å². The van der Waals surface area contributed by atoms with Gasteiger partial charge in [-0.25, -0.2) is 0 Å². The maximum absolute atomic E-state index is 3.85. The fraction of sp³-hybridized carbons (Fsp3) is 1.00. The van der Waals surface area contributed by atoms with Gasteiger partial charge in [0, 0.05) is 12.1 Å². The van der Waals surface area contributed by atoms with Gasteiger partial charge in [-0.1, -0.05) is 26.7 Å². The van der Waals surface area contributed by atoms with Crippen LogP contribution in [0.25, 0.3) is 0 Å². The van der Waals surface area contributed by atoms with Crippen molar-refractivity contribution in [3.05, 3.63) is 0 Å². The number of hydrogen-bond acceptors (Lipinski definition) is 1. The first-order chi connectivity index (χ1) is 7.65. The standard InChI is InChI=1S/C15H29N/c1-11(2)14-6-8-15(9-7-14)16-12(3)10-13-4-5-13/h11-16H,4-10H2,1-3H3. The van der Waals surface area contributed by atoms with Crippen molar-refractivity contribution in [3.8, 4) is 0 Å². The fourth-order valence-corrected chi connectivity index (χ4v) is 3.28. The molecular weight excluding hydrogens is 194 g/mol. The second-order valence-corrected chi connectivity index (χ2v) is 6.60. The molecule has 0 aromatic heterocycles. The second kappa shape index (κ2) is 5.53. The molecule has 0 saturated heterocycles. The van der Waals surface area contributed by atoms with E-state index in [1.807, 2.05) is 0 Å². The highest BCUT2D eigenvalue weighted by atomic mass is 14.9. The molecule has 2 aliphatic carbocycles. The molecule has 2 rings (SSSR count). The lowest BCUT2D eigenvalue weighted by Gasteiger charge is -2.33. The van der Waals surface area contributed by atoms with Crippen LogP contribution < -0.4 is 5.32 Å². The Bertz CT molecular complexity index is 199. The molecule has 0 spiro atoms. The number of rotatable bonds is 5. The lowest BCUT2D eigenvalue weighted by atomic mass is 9.79. The van der Waals surface area contributed by atoms with Crippen LogP contribution >= 0.6 is 0 Å². The van der Waals surface area contributed by atoms with E-state index in [9.17, 15) is 0 Å². The van der Waals surface area contributed by atoms with Gasteiger partial charge in [-0.15, -0.1) is 0 Å². The van der Waals surface area contributed by atoms with Gasteiger partial charge in [-0.3, -0.25) is 0 Å². The van der Waals surface area contributed by atoms with Crippen molar-refractivity contribution in [3.63, 3.8) is 0 Å². The van der Waals surface area contributed by atoms with Crippen LogP contribution in [0, 0.1) is 17.8 Å². The van der Waals surface area contributed by atoms with E-state index in [4.69, 9.17) is 0 Å². The molecule has 0 amide bonds. The quantitative estimate of drug-likeness (QED) is 0.743. The number of hydrogen-bond donors (Lipinski definition) is 1. The minimum atomic E-state index is 0.757. The molecule has 1 unspecified atom stereocenters. The van der Waals surface area contributed by atoms with Gasteiger partial charge in [-0.2, -0.15) is 0 Å². The molecule has 94 valence electrons. The monoisotopic (exact) mass is 223 g/mol. The summed E-state index contributed by atoms with van der Waals surface area (Å²) in [7, 11) is 0. The summed E-state index contributed by atoms with van der Waals surface area (Å²) in [5.74, 6) is 2.95. The van der Waals surface area contributed by atoms with Gasteiger partial charge < -0.3 is 5.32 Å². The van der Waals surface area contributed by atoms with Crippen LogP contribution in [-0.4, -0.2) is 12.1 Å². The van der Waals surface area contributed by atoms with Crippen LogP contribution in [0.5, 0.6) is 0 Å². The third kappa shape index (κ3) is 3.76. The molecule has 2 fully saturated rings. The van der Waals surface area contributed by atoms with Crippen molar-refractivity contribution >= 4 is 0 Å². The average molecular weight is 223 g/mol. The molecule has 0 heterocycles. The van der Waals surface area contributed by atoms with E-state index >= 15 is 0 Å². The van der Waals surface area contributed by atoms with Crippen molar-refractivity contribution in [2.24, 2.45) is 17.8 Å². The van der Waals surface area contributed by atoms with Crippen molar-refractivity contribution in [2.75, 3.05) is 0 Å². The minimum absolute atomic E-state index is 0.757. The summed E-state index contributed by atoms with van der Waals surface area (Å²) in [5.41, 5.74) is 0. The summed E-state index contributed by atoms with van der Waals surface area (Å²) in [6, 6.07) is 1.58. The van der Waals surface area contributed by atoms with Gasteiger partial charge in [0.05, 0.1) is 0 Å². The zero-order chi connectivity index (χ0) is 11.5. The van der Waals surface area contributed by atoms with Crippen LogP contribution in [0.2, 0.25) is 0 Å². The van der Waals surface area contributed by atoms with E-state index in [-0.39, 0.29) is 0 Å². The van der Waals surface area contributed by atoms with Gasteiger partial charge in [0.15, 0.2) is 0 Å². The van der Waals surface area contributed by atoms with Crippen LogP contribution in [0.3, 0.4) is 0 Å². The highest BCUT2D eigenvalue weighted by Gasteiger charge is 2.27. The first kappa shape index (κ1) is 12.4. The first-order valence-corrected chi connectivity index (χ1v) is 7.41. The van der Waals surface area contributed by atoms with Gasteiger partial charge in [0.1, 0.15) is 0 Å². The van der Waals surface area contributed by atoms with E-state index in [0.717, 1.165) is 29.8 Å². The van der Waals surface area contributed by atoms with E-state index in [2.05, 4.69) is 26.1 Å². The molecule has 2 saturated carbocycles. The maximum atomic E-state index is 3.85. The molecule has 16 heavy (non-hydrogen) atoms. The maximum Gasteiger partial charge on any atom is 0.00697 e. The Hall–Kier alpha value is -0.0400. The van der Waals surface area contributed by atoms with E-state index in [1.165, 1.54) is 44.9 Å². The summed E-state index contributed by atoms with van der Waals surface area (Å²) in [4.78, 5) is 0. The largest absolute Gasteiger partial charge is 0.311 e. The minimum Gasteiger partial charge on any atom is -0.311 e. The van der Waals surface area contributed by atoms with Gasteiger partial charge in [0.25, 0.3) is 0 Å². The average Bonchev–Trinajstić information content (AvgIpc) is 3.02. The zero-order valence-corrected chi connectivity index (χ0v) is 11.3. The zero-order valence-electron chi connectivity index (χ0n) is 11.3. The van der Waals surface area contributed by atoms with E-state index in [0.29, 0.717) is 0 Å². The molecule has 0 radical (unpaired) electrons. The second-order valence-electron chi connectivity index (χ2n) is 6.60. The highest BCUT2D eigenvalue weighted by Crippen LogP contribution is 2.34. The first-order valence-electron chi connectivity index (χ1n) is 7.41. The third-order valence-electron chi connectivity index (χ3n) is 4.62. The van der Waals surface area contributed by atoms with Crippen molar-refractivity contribution in [1.29, 1.82) is 0 Å². The van der Waals surface area contributed by atoms with Crippen molar-refractivity contribution in [1.82, 2.24) is 5.32 Å². The summed E-state index contributed by atoms with van der Waals surface area (Å²) < 4.78 is 0. The van der Waals surface area contributed by atoms with Crippen molar-refractivity contribution < 1.29 is 0 Å². The molecule has 2 aliphatic rings. The van der Waals surface area contributed by atoms with E-state index in [1.54, 1.807) is 0 Å². The smallest absolute Gasteiger partial charge is 0.00697 e. The number of nitrogens with one attached hydrogen (secondary N) is 1. The van der Waals surface area contributed by atoms with Crippen LogP contribution in [0.4, 0.5) is 0 Å². The summed E-state index contributed by atoms with van der Waals surface area (Å²) in [5, 5.41) is 3.85. The molecule has 1 N–H and O–H groups in total. The van der Waals surface area contributed by atoms with Gasteiger partial charge in [-0.05, 0) is 56.8 Å². The third-order valence-corrected chi connectivity index (χ3v) is 4.62. The Labute approximate surface area is 101 Å². The Balaban J connectivity index is 1.64. The van der Waals surface area contributed by atoms with Gasteiger partial charge >= 0.3 is 0 Å². The van der Waals surface area contributed by atoms with Gasteiger partial charge in [0.2, 0.25) is 0 Å². The molecule has 0 aromatic carbocycles. The lowest BCUT2D eigenvalue weighted by Crippen LogP contribution is -2.39. The predicted molar refractivity (Wildman–Crippen MR) is 70.5 cm³/mol. The summed E-state index contributed by atoms with van der Waals surface area (Å²) in [6.07, 6.45) is 10.1. The summed E-state index contributed by atoms with van der Waals surface area (Å²) in [6.45, 7) is 7.15. The molecule has 1 atom stereocenters. The highest BCUT2D eigenvalue weighted by molar-refractivity contribution is 4.83. The molecule has 1 heteroatoms. The Morgan fingerprint density at radius 2 is 1.56 bits per heavy atom. The molecule has 0 aliphatic heterocycles. The molecular formula is C15H29N. The van der Waals surface area contributed by atoms with Crippen LogP contribution in [-0.2, 0) is 0 Å². The van der Waals surface area contributed by atoms with E-state index < -0.39 is 0 Å². The lowest BCUT2D eigenvalue weighted by molar-refractivity contribution is 0.227. The Kier molecular flexibility index (Phi) is 4.29. The SMILES string of the molecule is CC(CC1CC1)NC1CCC(C(C)C)CC1. The Morgan fingerprint density at radius 3 is 2.06 bits per heavy atom. The molecule has 1 nitrogen and oxygen atoms in total. The molecule has 0 aromatic rings.